The van der Waals surface area contributed by atoms with Gasteiger partial charge >= 0.3 is 0 Å². The second-order valence-electron chi connectivity index (χ2n) is 40.1. The third-order valence-corrected chi connectivity index (χ3v) is 35.8. The molecule has 0 amide bonds. The third kappa shape index (κ3) is 11.1. The van der Waals surface area contributed by atoms with Crippen molar-refractivity contribution < 1.29 is 0 Å². The van der Waals surface area contributed by atoms with E-state index in [0.29, 0.717) is 0 Å². The molecule has 31 rings (SSSR count). The minimum atomic E-state index is -0.0440. The van der Waals surface area contributed by atoms with Crippen molar-refractivity contribution in [2.75, 3.05) is 9.80 Å². The van der Waals surface area contributed by atoms with Gasteiger partial charge in [-0.3, -0.25) is 0 Å². The van der Waals surface area contributed by atoms with Crippen LogP contribution in [0.25, 0.3) is 146 Å². The van der Waals surface area contributed by atoms with Gasteiger partial charge in [0.15, 0.2) is 0 Å². The zero-order chi connectivity index (χ0) is 85.4. The first-order chi connectivity index (χ1) is 64.1. The van der Waals surface area contributed by atoms with Crippen LogP contribution in [0.1, 0.15) is 111 Å². The number of rotatable bonds is 11. The number of benzene rings is 17. The molecular formula is C125H97N3S2. The normalized spacial score (nSPS) is 22.0. The van der Waals surface area contributed by atoms with Gasteiger partial charge in [-0.25, -0.2) is 0 Å². The number of para-hydroxylation sites is 2. The SMILES string of the molecule is CC1(C)c2ccccc2-c2cc(N(c3ccc(-c4ccccc4)cc3)c3ccc4sc5c(-c6ccc7c(c6)-c6ccccc6C76C7CC8CC(C7)CC6C8)cccc5c4c3)ccc21.c1ccc(-c2ccc(N(c3ccc4sc5cccc(-c6ccc7c(c6)-c6ccccc6C76C7CC8CC(C7)CC6C8)c5c4c3)c3cccc4c3c3ccccc3n4-c3ccccc3)cc2)cc1. The number of nitrogens with zero attached hydrogens (tertiary/aromatic N) is 3. The predicted molar refractivity (Wildman–Crippen MR) is 548 cm³/mol. The smallest absolute Gasteiger partial charge is 0.0562 e. The topological polar surface area (TPSA) is 11.4 Å². The Labute approximate surface area is 768 Å². The maximum atomic E-state index is 2.58. The van der Waals surface area contributed by atoms with Crippen LogP contribution in [0, 0.1) is 47.3 Å². The Morgan fingerprint density at radius 1 is 0.246 bits per heavy atom. The molecule has 3 aromatic heterocycles. The molecule has 3 nitrogen and oxygen atoms in total. The maximum absolute atomic E-state index is 2.58. The van der Waals surface area contributed by atoms with Crippen LogP contribution >= 0.6 is 22.7 Å². The highest BCUT2D eigenvalue weighted by Crippen LogP contribution is 2.72. The Morgan fingerprint density at radius 2 is 0.646 bits per heavy atom. The lowest BCUT2D eigenvalue weighted by Crippen LogP contribution is -2.55. The lowest BCUT2D eigenvalue weighted by atomic mass is 9.43. The van der Waals surface area contributed by atoms with Gasteiger partial charge < -0.3 is 14.4 Å². The molecule has 17 aromatic carbocycles. The highest BCUT2D eigenvalue weighted by Gasteiger charge is 2.63. The highest BCUT2D eigenvalue weighted by molar-refractivity contribution is 7.26. The standard InChI is InChI=1S/C64H48N2S.C61H49NS/c1-3-13-42(14-4-1)43-25-28-48(29-26-43)65(58-22-12-23-59-63(58)52-18-8-10-21-57(52)66(59)47-15-5-2-6-16-47)49-30-32-60-54(39-49)62-50(19-11-24-61(62)67-60)44-27-31-56-53(38-44)51-17-7-9-20-55(51)64(56)45-34-40-33-41(36-45)37-46(64)35-40;1-60(2)54-17-8-6-13-48(54)52-35-45(24-27-55(52)60)62(44-22-19-40(20-23-44)39-11-4-3-5-12-39)46-25-28-58-53(36-46)50-16-10-15-47(59(50)63-58)41-21-26-57-51(34-41)49-14-7-9-18-56(49)61(57)42-30-37-29-38(32-42)33-43(61)31-37/h1-32,38-41,45-46H,33-37H2;3-28,34-38,42-43H,29-33H2,1-2H3. The lowest BCUT2D eigenvalue weighted by Gasteiger charge is -2.61. The molecule has 0 saturated heterocycles. The van der Waals surface area contributed by atoms with E-state index in [4.69, 9.17) is 0 Å². The van der Waals surface area contributed by atoms with Crippen molar-refractivity contribution in [1.29, 1.82) is 0 Å². The molecule has 3 heterocycles. The van der Waals surface area contributed by atoms with E-state index in [9.17, 15) is 0 Å². The molecule has 0 unspecified atom stereocenters. The molecule has 130 heavy (non-hydrogen) atoms. The van der Waals surface area contributed by atoms with E-state index >= 15 is 0 Å². The zero-order valence-electron chi connectivity index (χ0n) is 73.2. The van der Waals surface area contributed by atoms with E-state index in [0.717, 1.165) is 75.8 Å². The summed E-state index contributed by atoms with van der Waals surface area (Å²) in [5.74, 6) is 6.85. The third-order valence-electron chi connectivity index (χ3n) is 33.4. The van der Waals surface area contributed by atoms with E-state index in [1.54, 1.807) is 22.3 Å². The average Bonchev–Trinajstić information content (AvgIpc) is 1.50. The monoisotopic (exact) mass is 1700 g/mol. The molecule has 11 aliphatic carbocycles. The van der Waals surface area contributed by atoms with Crippen molar-refractivity contribution in [3.8, 4) is 83.6 Å². The summed E-state index contributed by atoms with van der Waals surface area (Å²) in [5, 5.41) is 7.76. The summed E-state index contributed by atoms with van der Waals surface area (Å²) in [6.07, 6.45) is 14.3. The first kappa shape index (κ1) is 75.5. The van der Waals surface area contributed by atoms with Gasteiger partial charge in [-0.15, -0.1) is 22.7 Å². The van der Waals surface area contributed by atoms with Crippen LogP contribution < -0.4 is 9.80 Å². The first-order valence-corrected chi connectivity index (χ1v) is 49.4. The molecule has 0 aliphatic heterocycles. The minimum Gasteiger partial charge on any atom is -0.310 e. The van der Waals surface area contributed by atoms with Gasteiger partial charge in [0.2, 0.25) is 0 Å². The number of thiophene rings is 2. The van der Waals surface area contributed by atoms with Crippen molar-refractivity contribution >= 4 is 119 Å². The van der Waals surface area contributed by atoms with Crippen molar-refractivity contribution in [3.63, 3.8) is 0 Å². The van der Waals surface area contributed by atoms with Gasteiger partial charge in [0.05, 0.1) is 16.7 Å². The van der Waals surface area contributed by atoms with E-state index < -0.39 is 0 Å². The minimum absolute atomic E-state index is 0.0440. The Kier molecular flexibility index (Phi) is 16.7. The fourth-order valence-electron chi connectivity index (χ4n) is 28.6. The molecule has 0 atom stereocenters. The Hall–Kier alpha value is -13.4. The molecule has 5 heteroatoms. The van der Waals surface area contributed by atoms with Crippen LogP contribution in [0.5, 0.6) is 0 Å². The predicted octanol–water partition coefficient (Wildman–Crippen LogP) is 34.6. The zero-order valence-corrected chi connectivity index (χ0v) is 74.9. The van der Waals surface area contributed by atoms with Crippen LogP contribution in [0.2, 0.25) is 0 Å². The van der Waals surface area contributed by atoms with Crippen molar-refractivity contribution in [1.82, 2.24) is 4.57 Å². The van der Waals surface area contributed by atoms with Gasteiger partial charge in [-0.2, -0.15) is 0 Å². The molecule has 20 aromatic rings. The molecule has 11 aliphatic rings. The fraction of sp³-hybridized carbons (Fsp3) is 0.184. The van der Waals surface area contributed by atoms with Gasteiger partial charge in [0.1, 0.15) is 0 Å². The number of fused-ring (bicyclic) bond motifs is 18. The maximum Gasteiger partial charge on any atom is 0.0562 e. The molecule has 2 spiro atoms. The Bertz CT molecular complexity index is 7980. The summed E-state index contributed by atoms with van der Waals surface area (Å²) in [6.45, 7) is 4.73. The van der Waals surface area contributed by atoms with E-state index in [-0.39, 0.29) is 16.2 Å². The van der Waals surface area contributed by atoms with Crippen LogP contribution in [-0.4, -0.2) is 4.57 Å². The molecular weight excluding hydrogens is 1610 g/mol. The molecule has 0 N–H and O–H groups in total. The lowest BCUT2D eigenvalue weighted by molar-refractivity contribution is -0.0399. The molecule has 8 bridgehead atoms. The van der Waals surface area contributed by atoms with E-state index in [1.807, 2.05) is 22.7 Å². The van der Waals surface area contributed by atoms with Crippen molar-refractivity contribution in [3.05, 3.63) is 416 Å². The van der Waals surface area contributed by atoms with Crippen LogP contribution in [-0.2, 0) is 16.2 Å². The van der Waals surface area contributed by atoms with Gasteiger partial charge in [-0.05, 0) is 344 Å². The number of hydrogen-bond donors (Lipinski definition) is 0. The molecule has 624 valence electrons. The van der Waals surface area contributed by atoms with Crippen molar-refractivity contribution in [2.24, 2.45) is 47.3 Å². The van der Waals surface area contributed by atoms with Crippen LogP contribution in [0.15, 0.2) is 382 Å². The van der Waals surface area contributed by atoms with Gasteiger partial charge in [0.25, 0.3) is 0 Å². The summed E-state index contributed by atoms with van der Waals surface area (Å²) in [5.41, 5.74) is 38.9. The van der Waals surface area contributed by atoms with Gasteiger partial charge in [0, 0.05) is 101 Å². The summed E-state index contributed by atoms with van der Waals surface area (Å²) >= 11 is 3.86. The second-order valence-corrected chi connectivity index (χ2v) is 42.3. The largest absolute Gasteiger partial charge is 0.310 e. The molecule has 8 fully saturated rings. The summed E-state index contributed by atoms with van der Waals surface area (Å²) in [7, 11) is 0. The second kappa shape index (κ2) is 28.8. The first-order valence-electron chi connectivity index (χ1n) is 47.8. The summed E-state index contributed by atoms with van der Waals surface area (Å²) < 4.78 is 7.75. The van der Waals surface area contributed by atoms with E-state index in [2.05, 4.69) is 410 Å². The van der Waals surface area contributed by atoms with Crippen molar-refractivity contribution in [2.45, 2.75) is 94.3 Å². The summed E-state index contributed by atoms with van der Waals surface area (Å²) in [4.78, 5) is 4.97. The summed E-state index contributed by atoms with van der Waals surface area (Å²) in [6, 6.07) is 145. The van der Waals surface area contributed by atoms with E-state index in [1.165, 1.54) is 227 Å². The average molecular weight is 1710 g/mol. The van der Waals surface area contributed by atoms with Crippen LogP contribution in [0.4, 0.5) is 34.1 Å². The van der Waals surface area contributed by atoms with Crippen LogP contribution in [0.3, 0.4) is 0 Å². The Balaban J connectivity index is 0.000000131. The fourth-order valence-corrected chi connectivity index (χ4v) is 31.0. The number of aromatic nitrogens is 1. The highest BCUT2D eigenvalue weighted by atomic mass is 32.1. The van der Waals surface area contributed by atoms with Gasteiger partial charge in [-0.1, -0.05) is 275 Å². The Morgan fingerprint density at radius 3 is 1.25 bits per heavy atom. The quantitative estimate of drug-likeness (QED) is 0.128. The molecule has 8 saturated carbocycles. The number of hydrogen-bond acceptors (Lipinski definition) is 4. The number of anilines is 6. The molecule has 0 radical (unpaired) electrons.